The highest BCUT2D eigenvalue weighted by atomic mass is 35.5. The van der Waals surface area contributed by atoms with Gasteiger partial charge in [0.05, 0.1) is 5.88 Å². The molecule has 0 aromatic carbocycles. The number of alkyl halides is 1. The predicted octanol–water partition coefficient (Wildman–Crippen LogP) is 1.18. The number of esters is 1. The first kappa shape index (κ1) is 7.76. The Labute approximate surface area is 53.8 Å². The molecule has 48 valence electrons. The molecule has 0 unspecified atom stereocenters. The van der Waals surface area contributed by atoms with Gasteiger partial charge in [-0.3, -0.25) is 4.79 Å². The molecular formula is C5H9ClO2. The fraction of sp³-hybridized carbons (Fsp3) is 0.800. The Bertz CT molecular complexity index is 82.5. The zero-order chi connectivity index (χ0) is 6.57. The number of ether oxygens (including phenoxy) is 1. The van der Waals surface area contributed by atoms with E-state index in [-0.39, 0.29) is 12.1 Å². The van der Waals surface area contributed by atoms with Crippen molar-refractivity contribution in [1.82, 2.24) is 0 Å². The summed E-state index contributed by atoms with van der Waals surface area (Å²) < 4.78 is 4.63. The van der Waals surface area contributed by atoms with Gasteiger partial charge in [-0.15, -0.1) is 11.6 Å². The topological polar surface area (TPSA) is 26.3 Å². The molecule has 0 aromatic heterocycles. The Balaban J connectivity index is 3.24. The summed E-state index contributed by atoms with van der Waals surface area (Å²) in [6.45, 7) is 3.11. The normalized spacial score (nSPS) is 12.9. The first-order valence-electron chi connectivity index (χ1n) is 2.40. The van der Waals surface area contributed by atoms with Gasteiger partial charge in [0.2, 0.25) is 0 Å². The van der Waals surface area contributed by atoms with Crippen molar-refractivity contribution < 1.29 is 9.53 Å². The van der Waals surface area contributed by atoms with E-state index in [4.69, 9.17) is 11.6 Å². The minimum Gasteiger partial charge on any atom is -0.462 e. The van der Waals surface area contributed by atoms with Gasteiger partial charge in [-0.2, -0.15) is 0 Å². The Hall–Kier alpha value is -0.240. The van der Waals surface area contributed by atoms with E-state index >= 15 is 0 Å². The lowest BCUT2D eigenvalue weighted by Gasteiger charge is -2.05. The smallest absolute Gasteiger partial charge is 0.302 e. The zero-order valence-corrected chi connectivity index (χ0v) is 5.73. The molecule has 0 aromatic rings. The highest BCUT2D eigenvalue weighted by Gasteiger charge is 2.00. The molecule has 0 bridgehead atoms. The first-order valence-corrected chi connectivity index (χ1v) is 2.93. The summed E-state index contributed by atoms with van der Waals surface area (Å²) in [5.74, 6) is 0.0812. The summed E-state index contributed by atoms with van der Waals surface area (Å²) >= 11 is 5.32. The van der Waals surface area contributed by atoms with Crippen LogP contribution >= 0.6 is 11.6 Å². The largest absolute Gasteiger partial charge is 0.462 e. The van der Waals surface area contributed by atoms with Gasteiger partial charge in [0, 0.05) is 6.92 Å². The van der Waals surface area contributed by atoms with Crippen molar-refractivity contribution in [2.24, 2.45) is 0 Å². The van der Waals surface area contributed by atoms with Crippen molar-refractivity contribution in [1.29, 1.82) is 0 Å². The van der Waals surface area contributed by atoms with Crippen LogP contribution in [-0.2, 0) is 9.53 Å². The van der Waals surface area contributed by atoms with E-state index in [2.05, 4.69) is 4.74 Å². The SMILES string of the molecule is CC(=O)O[C@H](C)CCl. The molecule has 0 aliphatic heterocycles. The van der Waals surface area contributed by atoms with Gasteiger partial charge in [0.15, 0.2) is 0 Å². The van der Waals surface area contributed by atoms with E-state index < -0.39 is 0 Å². The third-order valence-electron chi connectivity index (χ3n) is 0.584. The number of halogens is 1. The highest BCUT2D eigenvalue weighted by molar-refractivity contribution is 6.18. The molecule has 0 saturated carbocycles. The number of carbonyl (C=O) groups excluding carboxylic acids is 1. The van der Waals surface area contributed by atoms with Crippen LogP contribution in [0.2, 0.25) is 0 Å². The van der Waals surface area contributed by atoms with Crippen molar-refractivity contribution >= 4 is 17.6 Å². The van der Waals surface area contributed by atoms with Crippen LogP contribution in [-0.4, -0.2) is 18.0 Å². The maximum absolute atomic E-state index is 10.1. The lowest BCUT2D eigenvalue weighted by molar-refractivity contribution is -0.144. The van der Waals surface area contributed by atoms with Crippen LogP contribution in [0, 0.1) is 0 Å². The molecule has 0 radical (unpaired) electrons. The third kappa shape index (κ3) is 3.93. The van der Waals surface area contributed by atoms with E-state index in [1.54, 1.807) is 6.92 Å². The molecule has 0 spiro atoms. The van der Waals surface area contributed by atoms with Gasteiger partial charge in [-0.25, -0.2) is 0 Å². The summed E-state index contributed by atoms with van der Waals surface area (Å²) in [5.41, 5.74) is 0. The van der Waals surface area contributed by atoms with E-state index in [1.807, 2.05) is 0 Å². The Morgan fingerprint density at radius 1 is 1.88 bits per heavy atom. The van der Waals surface area contributed by atoms with E-state index in [0.717, 1.165) is 0 Å². The summed E-state index contributed by atoms with van der Waals surface area (Å²) in [6, 6.07) is 0. The molecule has 8 heavy (non-hydrogen) atoms. The second kappa shape index (κ2) is 3.72. The molecule has 0 aliphatic rings. The van der Waals surface area contributed by atoms with Crippen LogP contribution in [0.1, 0.15) is 13.8 Å². The number of carbonyl (C=O) groups is 1. The molecule has 0 fully saturated rings. The predicted molar refractivity (Wildman–Crippen MR) is 31.9 cm³/mol. The standard InChI is InChI=1S/C5H9ClO2/c1-4(3-6)8-5(2)7/h4H,3H2,1-2H3/t4-/m1/s1. The summed E-state index contributed by atoms with van der Waals surface area (Å²) in [6.07, 6.45) is -0.158. The molecule has 3 heteroatoms. The van der Waals surface area contributed by atoms with E-state index in [0.29, 0.717) is 5.88 Å². The number of rotatable bonds is 2. The molecule has 1 atom stereocenters. The maximum Gasteiger partial charge on any atom is 0.302 e. The molecule has 2 nitrogen and oxygen atoms in total. The van der Waals surface area contributed by atoms with Crippen molar-refractivity contribution in [2.45, 2.75) is 20.0 Å². The van der Waals surface area contributed by atoms with Gasteiger partial charge in [0.1, 0.15) is 6.10 Å². The minimum atomic E-state index is -0.279. The van der Waals surface area contributed by atoms with Crippen molar-refractivity contribution in [3.05, 3.63) is 0 Å². The summed E-state index contributed by atoms with van der Waals surface area (Å²) in [7, 11) is 0. The quantitative estimate of drug-likeness (QED) is 0.421. The lowest BCUT2D eigenvalue weighted by atomic mass is 10.5. The van der Waals surface area contributed by atoms with Crippen LogP contribution in [0.15, 0.2) is 0 Å². The molecule has 0 aliphatic carbocycles. The van der Waals surface area contributed by atoms with Gasteiger partial charge >= 0.3 is 5.97 Å². The van der Waals surface area contributed by atoms with Crippen LogP contribution in [0.4, 0.5) is 0 Å². The minimum absolute atomic E-state index is 0.158. The van der Waals surface area contributed by atoms with Gasteiger partial charge in [0.25, 0.3) is 0 Å². The Morgan fingerprint density at radius 3 is 2.50 bits per heavy atom. The third-order valence-corrected chi connectivity index (χ3v) is 1.02. The van der Waals surface area contributed by atoms with Crippen LogP contribution in [0.25, 0.3) is 0 Å². The van der Waals surface area contributed by atoms with Crippen molar-refractivity contribution in [3.8, 4) is 0 Å². The second-order valence-corrected chi connectivity index (χ2v) is 1.88. The maximum atomic E-state index is 10.1. The van der Waals surface area contributed by atoms with Crippen LogP contribution in [0.3, 0.4) is 0 Å². The first-order chi connectivity index (χ1) is 3.66. The highest BCUT2D eigenvalue weighted by Crippen LogP contribution is 1.92. The molecule has 0 rings (SSSR count). The zero-order valence-electron chi connectivity index (χ0n) is 4.98. The molecule has 0 heterocycles. The van der Waals surface area contributed by atoms with Crippen LogP contribution in [0.5, 0.6) is 0 Å². The average Bonchev–Trinajstić information content (AvgIpc) is 1.65. The lowest BCUT2D eigenvalue weighted by Crippen LogP contribution is -2.12. The molecular weight excluding hydrogens is 128 g/mol. The number of hydrogen-bond donors (Lipinski definition) is 0. The summed E-state index contributed by atoms with van der Waals surface area (Å²) in [5, 5.41) is 0. The second-order valence-electron chi connectivity index (χ2n) is 1.57. The van der Waals surface area contributed by atoms with Crippen LogP contribution < -0.4 is 0 Å². The Morgan fingerprint density at radius 2 is 2.38 bits per heavy atom. The fourth-order valence-electron chi connectivity index (χ4n) is 0.315. The number of hydrogen-bond acceptors (Lipinski definition) is 2. The van der Waals surface area contributed by atoms with Gasteiger partial charge in [-0.1, -0.05) is 0 Å². The molecule has 0 amide bonds. The van der Waals surface area contributed by atoms with E-state index in [1.165, 1.54) is 6.92 Å². The van der Waals surface area contributed by atoms with Gasteiger partial charge in [-0.05, 0) is 6.92 Å². The summed E-state index contributed by atoms with van der Waals surface area (Å²) in [4.78, 5) is 10.1. The van der Waals surface area contributed by atoms with Crippen molar-refractivity contribution in [3.63, 3.8) is 0 Å². The van der Waals surface area contributed by atoms with Gasteiger partial charge < -0.3 is 4.74 Å². The Kier molecular flexibility index (Phi) is 3.61. The average molecular weight is 137 g/mol. The van der Waals surface area contributed by atoms with Crippen molar-refractivity contribution in [2.75, 3.05) is 5.88 Å². The monoisotopic (exact) mass is 136 g/mol. The molecule has 0 saturated heterocycles. The van der Waals surface area contributed by atoms with E-state index in [9.17, 15) is 4.79 Å². The fourth-order valence-corrected chi connectivity index (χ4v) is 0.378. The molecule has 0 N–H and O–H groups in total.